The van der Waals surface area contributed by atoms with Crippen LogP contribution in [0.1, 0.15) is 58.9 Å². The maximum atomic E-state index is 5.88. The average molecular weight is 383 g/mol. The topological polar surface area (TPSA) is 33.3 Å². The molecular formula is C25H38N2O. The SMILES string of the molecule is CCCCC(C)NCCCOc1ccc(-c2ccc(CNC(C)C)cc2)cc1. The molecule has 0 spiro atoms. The molecule has 3 nitrogen and oxygen atoms in total. The van der Waals surface area contributed by atoms with Crippen molar-refractivity contribution in [3.8, 4) is 16.9 Å². The standard InChI is InChI=1S/C25H38N2O/c1-5-6-8-21(4)26-17-7-18-28-25-15-13-24(14-16-25)23-11-9-22(10-12-23)19-27-20(2)3/h9-16,20-21,26-27H,5-8,17-19H2,1-4H3. The summed E-state index contributed by atoms with van der Waals surface area (Å²) in [6, 6.07) is 18.3. The lowest BCUT2D eigenvalue weighted by Crippen LogP contribution is -2.27. The molecule has 0 saturated heterocycles. The maximum absolute atomic E-state index is 5.88. The minimum Gasteiger partial charge on any atom is -0.494 e. The number of nitrogens with one attached hydrogen (secondary N) is 2. The van der Waals surface area contributed by atoms with E-state index in [4.69, 9.17) is 4.74 Å². The van der Waals surface area contributed by atoms with E-state index in [2.05, 4.69) is 86.9 Å². The molecule has 0 aliphatic carbocycles. The van der Waals surface area contributed by atoms with E-state index in [1.165, 1.54) is 36.0 Å². The van der Waals surface area contributed by atoms with Crippen molar-refractivity contribution in [1.82, 2.24) is 10.6 Å². The van der Waals surface area contributed by atoms with Crippen LogP contribution in [-0.4, -0.2) is 25.2 Å². The van der Waals surface area contributed by atoms with Gasteiger partial charge in [0.1, 0.15) is 5.75 Å². The number of unbranched alkanes of at least 4 members (excludes halogenated alkanes) is 1. The van der Waals surface area contributed by atoms with Gasteiger partial charge < -0.3 is 15.4 Å². The molecule has 0 radical (unpaired) electrons. The van der Waals surface area contributed by atoms with Crippen molar-refractivity contribution in [1.29, 1.82) is 0 Å². The summed E-state index contributed by atoms with van der Waals surface area (Å²) in [5, 5.41) is 7.02. The first-order chi connectivity index (χ1) is 13.6. The summed E-state index contributed by atoms with van der Waals surface area (Å²) >= 11 is 0. The molecule has 28 heavy (non-hydrogen) atoms. The van der Waals surface area contributed by atoms with E-state index < -0.39 is 0 Å². The number of benzene rings is 2. The number of hydrogen-bond acceptors (Lipinski definition) is 3. The van der Waals surface area contributed by atoms with Gasteiger partial charge in [-0.15, -0.1) is 0 Å². The van der Waals surface area contributed by atoms with Gasteiger partial charge in [-0.1, -0.05) is 70.0 Å². The van der Waals surface area contributed by atoms with Gasteiger partial charge in [0.15, 0.2) is 0 Å². The van der Waals surface area contributed by atoms with Crippen LogP contribution >= 0.6 is 0 Å². The van der Waals surface area contributed by atoms with Gasteiger partial charge in [0.25, 0.3) is 0 Å². The van der Waals surface area contributed by atoms with Crippen LogP contribution in [0.2, 0.25) is 0 Å². The Balaban J connectivity index is 1.72. The van der Waals surface area contributed by atoms with Crippen molar-refractivity contribution in [2.45, 2.75) is 72.0 Å². The van der Waals surface area contributed by atoms with E-state index >= 15 is 0 Å². The molecule has 1 atom stereocenters. The van der Waals surface area contributed by atoms with Gasteiger partial charge in [0.2, 0.25) is 0 Å². The molecule has 0 aromatic heterocycles. The predicted molar refractivity (Wildman–Crippen MR) is 121 cm³/mol. The first kappa shape index (κ1) is 22.4. The van der Waals surface area contributed by atoms with Crippen LogP contribution in [0.5, 0.6) is 5.75 Å². The maximum Gasteiger partial charge on any atom is 0.119 e. The fraction of sp³-hybridized carbons (Fsp3) is 0.520. The monoisotopic (exact) mass is 382 g/mol. The number of hydrogen-bond donors (Lipinski definition) is 2. The van der Waals surface area contributed by atoms with E-state index in [1.54, 1.807) is 0 Å². The van der Waals surface area contributed by atoms with Gasteiger partial charge >= 0.3 is 0 Å². The molecule has 0 heterocycles. The van der Waals surface area contributed by atoms with Gasteiger partial charge in [0, 0.05) is 18.6 Å². The quantitative estimate of drug-likeness (QED) is 0.430. The molecule has 0 fully saturated rings. The van der Waals surface area contributed by atoms with Crippen LogP contribution in [0.15, 0.2) is 48.5 Å². The Morgan fingerprint density at radius 2 is 1.46 bits per heavy atom. The van der Waals surface area contributed by atoms with Crippen molar-refractivity contribution in [2.75, 3.05) is 13.2 Å². The van der Waals surface area contributed by atoms with E-state index in [1.807, 2.05) is 0 Å². The molecule has 0 saturated carbocycles. The van der Waals surface area contributed by atoms with E-state index in [-0.39, 0.29) is 0 Å². The summed E-state index contributed by atoms with van der Waals surface area (Å²) in [7, 11) is 0. The van der Waals surface area contributed by atoms with Crippen molar-refractivity contribution >= 4 is 0 Å². The second-order valence-corrected chi connectivity index (χ2v) is 7.96. The van der Waals surface area contributed by atoms with Crippen LogP contribution in [0.3, 0.4) is 0 Å². The van der Waals surface area contributed by atoms with Gasteiger partial charge in [0.05, 0.1) is 6.61 Å². The second kappa shape index (κ2) is 12.6. The summed E-state index contributed by atoms with van der Waals surface area (Å²) in [6.45, 7) is 11.5. The lowest BCUT2D eigenvalue weighted by atomic mass is 10.0. The minimum atomic E-state index is 0.507. The Labute approximate surface area is 171 Å². The lowest BCUT2D eigenvalue weighted by Gasteiger charge is -2.13. The fourth-order valence-corrected chi connectivity index (χ4v) is 3.10. The van der Waals surface area contributed by atoms with Gasteiger partial charge in [-0.25, -0.2) is 0 Å². The third-order valence-corrected chi connectivity index (χ3v) is 4.93. The Morgan fingerprint density at radius 1 is 0.821 bits per heavy atom. The van der Waals surface area contributed by atoms with Gasteiger partial charge in [-0.05, 0) is 55.1 Å². The van der Waals surface area contributed by atoms with Crippen molar-refractivity contribution in [3.05, 3.63) is 54.1 Å². The molecule has 2 aromatic carbocycles. The van der Waals surface area contributed by atoms with Crippen LogP contribution in [0.4, 0.5) is 0 Å². The minimum absolute atomic E-state index is 0.507. The number of rotatable bonds is 13. The van der Waals surface area contributed by atoms with E-state index in [0.717, 1.165) is 31.9 Å². The zero-order chi connectivity index (χ0) is 20.2. The first-order valence-electron chi connectivity index (χ1n) is 10.9. The predicted octanol–water partition coefficient (Wildman–Crippen LogP) is 5.79. The molecule has 0 amide bonds. The molecule has 1 unspecified atom stereocenters. The molecule has 154 valence electrons. The third-order valence-electron chi connectivity index (χ3n) is 4.93. The molecule has 0 aliphatic rings. The Hall–Kier alpha value is -1.84. The lowest BCUT2D eigenvalue weighted by molar-refractivity contribution is 0.304. The molecule has 3 heteroatoms. The normalized spacial score (nSPS) is 12.3. The van der Waals surface area contributed by atoms with Crippen molar-refractivity contribution in [3.63, 3.8) is 0 Å². The molecule has 0 aliphatic heterocycles. The Bertz CT molecular complexity index is 649. The Morgan fingerprint density at radius 3 is 2.07 bits per heavy atom. The highest BCUT2D eigenvalue weighted by atomic mass is 16.5. The summed E-state index contributed by atoms with van der Waals surface area (Å²) in [5.74, 6) is 0.945. The highest BCUT2D eigenvalue weighted by Crippen LogP contribution is 2.23. The first-order valence-corrected chi connectivity index (χ1v) is 10.9. The van der Waals surface area contributed by atoms with E-state index in [0.29, 0.717) is 12.1 Å². The average Bonchev–Trinajstić information content (AvgIpc) is 2.71. The van der Waals surface area contributed by atoms with Crippen LogP contribution < -0.4 is 15.4 Å². The molecule has 2 rings (SSSR count). The molecular weight excluding hydrogens is 344 g/mol. The summed E-state index contributed by atoms with van der Waals surface area (Å²) in [5.41, 5.74) is 3.78. The zero-order valence-electron chi connectivity index (χ0n) is 18.1. The highest BCUT2D eigenvalue weighted by Gasteiger charge is 2.02. The van der Waals surface area contributed by atoms with Gasteiger partial charge in [-0.2, -0.15) is 0 Å². The summed E-state index contributed by atoms with van der Waals surface area (Å²) in [4.78, 5) is 0. The van der Waals surface area contributed by atoms with Crippen molar-refractivity contribution in [2.24, 2.45) is 0 Å². The van der Waals surface area contributed by atoms with Crippen LogP contribution in [0, 0.1) is 0 Å². The Kier molecular flexibility index (Phi) is 10.1. The van der Waals surface area contributed by atoms with Crippen molar-refractivity contribution < 1.29 is 4.74 Å². The fourth-order valence-electron chi connectivity index (χ4n) is 3.10. The molecule has 2 aromatic rings. The zero-order valence-corrected chi connectivity index (χ0v) is 18.1. The van der Waals surface area contributed by atoms with Gasteiger partial charge in [-0.3, -0.25) is 0 Å². The van der Waals surface area contributed by atoms with E-state index in [9.17, 15) is 0 Å². The third kappa shape index (κ3) is 8.45. The summed E-state index contributed by atoms with van der Waals surface area (Å²) in [6.07, 6.45) is 4.86. The molecule has 0 bridgehead atoms. The largest absolute Gasteiger partial charge is 0.494 e. The summed E-state index contributed by atoms with van der Waals surface area (Å²) < 4.78 is 5.88. The smallest absolute Gasteiger partial charge is 0.119 e. The van der Waals surface area contributed by atoms with Crippen LogP contribution in [-0.2, 0) is 6.54 Å². The highest BCUT2D eigenvalue weighted by molar-refractivity contribution is 5.64. The van der Waals surface area contributed by atoms with Crippen LogP contribution in [0.25, 0.3) is 11.1 Å². The second-order valence-electron chi connectivity index (χ2n) is 7.96. The number of ether oxygens (including phenoxy) is 1. The molecule has 2 N–H and O–H groups in total.